The molecule has 1 heterocycles. The summed E-state index contributed by atoms with van der Waals surface area (Å²) in [5, 5.41) is 2.77. The maximum atomic E-state index is 12.1. The summed E-state index contributed by atoms with van der Waals surface area (Å²) in [5.41, 5.74) is 0. The average molecular weight is 301 g/mol. The summed E-state index contributed by atoms with van der Waals surface area (Å²) in [6.07, 6.45) is 3.32. The number of nitrogens with zero attached hydrogens (tertiary/aromatic N) is 1. The Kier molecular flexibility index (Phi) is 6.90. The SMILES string of the molecule is CNc1ncccc1S(=O)(=O)NCCCCOC(C)C. The molecule has 20 heavy (non-hydrogen) atoms. The lowest BCUT2D eigenvalue weighted by atomic mass is 10.3. The van der Waals surface area contributed by atoms with Gasteiger partial charge in [0, 0.05) is 26.4 Å². The Morgan fingerprint density at radius 3 is 2.75 bits per heavy atom. The van der Waals surface area contributed by atoms with Crippen molar-refractivity contribution in [3.8, 4) is 0 Å². The summed E-state index contributed by atoms with van der Waals surface area (Å²) in [7, 11) is -1.88. The first-order chi connectivity index (χ1) is 9.47. The van der Waals surface area contributed by atoms with Crippen LogP contribution in [0.4, 0.5) is 5.82 Å². The Labute approximate surface area is 121 Å². The molecule has 1 aromatic heterocycles. The van der Waals surface area contributed by atoms with E-state index in [-0.39, 0.29) is 11.0 Å². The van der Waals surface area contributed by atoms with E-state index in [1.807, 2.05) is 13.8 Å². The topological polar surface area (TPSA) is 80.3 Å². The number of hydrogen-bond acceptors (Lipinski definition) is 5. The lowest BCUT2D eigenvalue weighted by molar-refractivity contribution is 0.0762. The quantitative estimate of drug-likeness (QED) is 0.677. The van der Waals surface area contributed by atoms with Gasteiger partial charge >= 0.3 is 0 Å². The van der Waals surface area contributed by atoms with E-state index in [1.54, 1.807) is 19.3 Å². The third kappa shape index (κ3) is 5.44. The zero-order chi connectivity index (χ0) is 15.0. The average Bonchev–Trinajstić information content (AvgIpc) is 2.42. The van der Waals surface area contributed by atoms with Crippen LogP contribution in [0, 0.1) is 0 Å². The number of unbranched alkanes of at least 4 members (excludes halogenated alkanes) is 1. The molecule has 0 radical (unpaired) electrons. The van der Waals surface area contributed by atoms with Gasteiger partial charge in [-0.2, -0.15) is 0 Å². The zero-order valence-corrected chi connectivity index (χ0v) is 13.0. The van der Waals surface area contributed by atoms with Crippen molar-refractivity contribution in [2.75, 3.05) is 25.5 Å². The molecule has 1 rings (SSSR count). The standard InChI is InChI=1S/C13H23N3O3S/c1-11(2)19-10-5-4-9-16-20(17,18)12-7-6-8-15-13(12)14-3/h6-8,11,16H,4-5,9-10H2,1-3H3,(H,14,15). The molecule has 0 spiro atoms. The van der Waals surface area contributed by atoms with Crippen LogP contribution in [0.15, 0.2) is 23.2 Å². The number of rotatable bonds is 9. The molecule has 0 aliphatic carbocycles. The van der Waals surface area contributed by atoms with E-state index in [0.717, 1.165) is 12.8 Å². The van der Waals surface area contributed by atoms with Gasteiger partial charge in [-0.25, -0.2) is 18.1 Å². The molecule has 6 nitrogen and oxygen atoms in total. The van der Waals surface area contributed by atoms with Gasteiger partial charge in [-0.1, -0.05) is 0 Å². The first kappa shape index (κ1) is 16.9. The lowest BCUT2D eigenvalue weighted by Crippen LogP contribution is -2.26. The highest BCUT2D eigenvalue weighted by Crippen LogP contribution is 2.16. The minimum absolute atomic E-state index is 0.168. The second kappa shape index (κ2) is 8.18. The summed E-state index contributed by atoms with van der Waals surface area (Å²) in [5.74, 6) is 0.350. The third-order valence-corrected chi connectivity index (χ3v) is 4.10. The van der Waals surface area contributed by atoms with Crippen LogP contribution >= 0.6 is 0 Å². The highest BCUT2D eigenvalue weighted by Gasteiger charge is 2.17. The maximum Gasteiger partial charge on any atom is 0.244 e. The van der Waals surface area contributed by atoms with Gasteiger partial charge in [0.05, 0.1) is 6.10 Å². The van der Waals surface area contributed by atoms with E-state index in [9.17, 15) is 8.42 Å². The van der Waals surface area contributed by atoms with Crippen molar-refractivity contribution in [1.82, 2.24) is 9.71 Å². The first-order valence-electron chi connectivity index (χ1n) is 6.71. The van der Waals surface area contributed by atoms with Gasteiger partial charge in [0.1, 0.15) is 10.7 Å². The van der Waals surface area contributed by atoms with Gasteiger partial charge in [-0.15, -0.1) is 0 Å². The fourth-order valence-corrected chi connectivity index (χ4v) is 2.86. The Hall–Kier alpha value is -1.18. The van der Waals surface area contributed by atoms with Gasteiger partial charge in [-0.3, -0.25) is 0 Å². The van der Waals surface area contributed by atoms with Crippen LogP contribution < -0.4 is 10.0 Å². The molecule has 7 heteroatoms. The molecule has 0 fully saturated rings. The minimum Gasteiger partial charge on any atom is -0.379 e. The maximum absolute atomic E-state index is 12.1. The van der Waals surface area contributed by atoms with Crippen LogP contribution in [0.1, 0.15) is 26.7 Å². The number of ether oxygens (including phenoxy) is 1. The molecule has 114 valence electrons. The highest BCUT2D eigenvalue weighted by atomic mass is 32.2. The number of sulfonamides is 1. The molecule has 0 amide bonds. The summed E-state index contributed by atoms with van der Waals surface area (Å²) < 4.78 is 32.2. The molecule has 0 aliphatic rings. The zero-order valence-electron chi connectivity index (χ0n) is 12.2. The van der Waals surface area contributed by atoms with Crippen molar-refractivity contribution in [2.24, 2.45) is 0 Å². The summed E-state index contributed by atoms with van der Waals surface area (Å²) in [6, 6.07) is 3.13. The number of hydrogen-bond donors (Lipinski definition) is 2. The van der Waals surface area contributed by atoms with Gasteiger partial charge in [0.25, 0.3) is 0 Å². The summed E-state index contributed by atoms with van der Waals surface area (Å²) in [6.45, 7) is 4.99. The molecular weight excluding hydrogens is 278 g/mol. The van der Waals surface area contributed by atoms with Crippen molar-refractivity contribution in [2.45, 2.75) is 37.7 Å². The van der Waals surface area contributed by atoms with Crippen molar-refractivity contribution in [3.05, 3.63) is 18.3 Å². The van der Waals surface area contributed by atoms with Gasteiger partial charge in [0.15, 0.2) is 0 Å². The Balaban J connectivity index is 2.46. The van der Waals surface area contributed by atoms with Gasteiger partial charge < -0.3 is 10.1 Å². The van der Waals surface area contributed by atoms with E-state index in [2.05, 4.69) is 15.0 Å². The number of anilines is 1. The second-order valence-electron chi connectivity index (χ2n) is 4.62. The largest absolute Gasteiger partial charge is 0.379 e. The van der Waals surface area contributed by atoms with E-state index >= 15 is 0 Å². The molecule has 2 N–H and O–H groups in total. The van der Waals surface area contributed by atoms with Crippen LogP contribution in [0.5, 0.6) is 0 Å². The van der Waals surface area contributed by atoms with Crippen molar-refractivity contribution >= 4 is 15.8 Å². The fourth-order valence-electron chi connectivity index (χ4n) is 1.63. The van der Waals surface area contributed by atoms with Crippen molar-refractivity contribution < 1.29 is 13.2 Å². The van der Waals surface area contributed by atoms with E-state index in [1.165, 1.54) is 6.07 Å². The first-order valence-corrected chi connectivity index (χ1v) is 8.19. The van der Waals surface area contributed by atoms with Gasteiger partial charge in [-0.05, 0) is 38.8 Å². The van der Waals surface area contributed by atoms with E-state index in [4.69, 9.17) is 4.74 Å². The predicted molar refractivity (Wildman–Crippen MR) is 79.3 cm³/mol. The normalized spacial score (nSPS) is 11.8. The van der Waals surface area contributed by atoms with Crippen molar-refractivity contribution in [1.29, 1.82) is 0 Å². The van der Waals surface area contributed by atoms with Crippen LogP contribution in [-0.2, 0) is 14.8 Å². The molecule has 0 saturated carbocycles. The molecule has 0 unspecified atom stereocenters. The van der Waals surface area contributed by atoms with Crippen LogP contribution in [0.3, 0.4) is 0 Å². The molecule has 0 saturated heterocycles. The minimum atomic E-state index is -3.52. The highest BCUT2D eigenvalue weighted by molar-refractivity contribution is 7.89. The molecule has 1 aromatic rings. The third-order valence-electron chi connectivity index (χ3n) is 2.61. The molecule has 0 bridgehead atoms. The summed E-state index contributed by atoms with van der Waals surface area (Å²) in [4.78, 5) is 4.16. The van der Waals surface area contributed by atoms with Crippen molar-refractivity contribution in [3.63, 3.8) is 0 Å². The number of pyridine rings is 1. The van der Waals surface area contributed by atoms with Gasteiger partial charge in [0.2, 0.25) is 10.0 Å². The summed E-state index contributed by atoms with van der Waals surface area (Å²) >= 11 is 0. The molecule has 0 atom stereocenters. The Morgan fingerprint density at radius 1 is 1.35 bits per heavy atom. The fraction of sp³-hybridized carbons (Fsp3) is 0.615. The smallest absolute Gasteiger partial charge is 0.244 e. The molecule has 0 aliphatic heterocycles. The van der Waals surface area contributed by atoms with E-state index in [0.29, 0.717) is 19.0 Å². The second-order valence-corrected chi connectivity index (χ2v) is 6.36. The molecule has 0 aromatic carbocycles. The Morgan fingerprint density at radius 2 is 2.10 bits per heavy atom. The Bertz CT molecular complexity index is 503. The van der Waals surface area contributed by atoms with E-state index < -0.39 is 10.0 Å². The predicted octanol–water partition coefficient (Wildman–Crippen LogP) is 1.61. The monoisotopic (exact) mass is 301 g/mol. The lowest BCUT2D eigenvalue weighted by Gasteiger charge is -2.10. The molecular formula is C13H23N3O3S. The van der Waals surface area contributed by atoms with Crippen LogP contribution in [-0.4, -0.2) is 39.7 Å². The number of aromatic nitrogens is 1. The number of nitrogens with one attached hydrogen (secondary N) is 2. The van der Waals surface area contributed by atoms with Crippen LogP contribution in [0.25, 0.3) is 0 Å². The van der Waals surface area contributed by atoms with Crippen LogP contribution in [0.2, 0.25) is 0 Å².